The summed E-state index contributed by atoms with van der Waals surface area (Å²) in [7, 11) is 0. The molecule has 3 fully saturated rings. The van der Waals surface area contributed by atoms with Crippen LogP contribution in [0.1, 0.15) is 49.4 Å². The third kappa shape index (κ3) is 14.7. The smallest absolute Gasteiger partial charge is 0.862 e. The van der Waals surface area contributed by atoms with E-state index in [1.54, 1.807) is 24.3 Å². The minimum atomic E-state index is -2.81. The Morgan fingerprint density at radius 2 is 1.62 bits per heavy atom. The summed E-state index contributed by atoms with van der Waals surface area (Å²) < 4.78 is 40.2. The number of phenolic OH excluding ortho intramolecular Hbond substituents is 1. The van der Waals surface area contributed by atoms with Crippen molar-refractivity contribution in [1.82, 2.24) is 5.32 Å². The Morgan fingerprint density at radius 1 is 0.911 bits per heavy atom. The largest absolute Gasteiger partial charge is 1.00 e. The predicted octanol–water partition coefficient (Wildman–Crippen LogP) is -5.76. The van der Waals surface area contributed by atoms with Gasteiger partial charge in [-0.2, -0.15) is 0 Å². The van der Waals surface area contributed by atoms with Crippen molar-refractivity contribution in [1.29, 1.82) is 0 Å². The van der Waals surface area contributed by atoms with E-state index in [2.05, 4.69) is 15.6 Å². The number of nitrogens with one attached hydrogen (secondary N) is 2. The number of aliphatic hydroxyl groups excluding tert-OH is 9. The molecule has 0 aromatic heterocycles. The molecule has 5 aliphatic rings. The van der Waals surface area contributed by atoms with Crippen LogP contribution in [0, 0.1) is 0 Å². The molecule has 0 bridgehead atoms. The number of nitrogens with two attached hydrogens (primary N) is 1. The Labute approximate surface area is 477 Å². The van der Waals surface area contributed by atoms with Crippen molar-refractivity contribution in [3.63, 3.8) is 0 Å². The summed E-state index contributed by atoms with van der Waals surface area (Å²) in [6, 6.07) is 10.4. The molecule has 2 aromatic rings. The number of aromatic carboxylic acids is 1. The first-order valence-electron chi connectivity index (χ1n) is 24.8. The van der Waals surface area contributed by atoms with Gasteiger partial charge in [-0.25, -0.2) is 9.59 Å². The van der Waals surface area contributed by atoms with Crippen molar-refractivity contribution in [2.24, 2.45) is 10.7 Å². The first-order chi connectivity index (χ1) is 37.1. The minimum absolute atomic E-state index is 0. The summed E-state index contributed by atoms with van der Waals surface area (Å²) in [5, 5.41) is 145. The van der Waals surface area contributed by atoms with Crippen LogP contribution < -0.4 is 56.5 Å². The molecule has 29 heteroatoms. The van der Waals surface area contributed by atoms with Crippen LogP contribution in [0.3, 0.4) is 0 Å². The number of carboxylic acid groups (broad SMARTS) is 2. The fourth-order valence-corrected chi connectivity index (χ4v) is 9.68. The van der Waals surface area contributed by atoms with Gasteiger partial charge in [-0.1, -0.05) is 18.9 Å². The van der Waals surface area contributed by atoms with Crippen LogP contribution in [0.2, 0.25) is 0 Å². The molecular formula is C50H63N4NaO23S. The molecule has 4 heterocycles. The van der Waals surface area contributed by atoms with Crippen molar-refractivity contribution < 1.29 is 138 Å². The number of aliphatic carboxylic acids is 1. The first kappa shape index (κ1) is 63.6. The molecule has 0 unspecified atom stereocenters. The fourth-order valence-electron chi connectivity index (χ4n) is 9.46. The molecule has 79 heavy (non-hydrogen) atoms. The number of rotatable bonds is 22. The SMILES string of the molecule is CC([O-])=N[C@H]1[C@H](OCCCCCCNC(=S)Nc2ccc(-c3c4ccc(=O)cc-4oc4cc(O)ccc34)c(C(=O)O)c2)O[C@H](CO)[C@@H](O[C@@H]2O[C@H](CO[C@]3(C(=O)O)C[C@H](O)[C@@H](N)[C@H]([C@H](O)[C@H](O)CO)O3)[C@H](O)[C@H](O)[C@H]2O)[C@@H]1O.[Na+]. The Kier molecular flexibility index (Phi) is 22.5. The maximum absolute atomic E-state index is 12.6. The Balaban J connectivity index is 0.0000101. The van der Waals surface area contributed by atoms with Gasteiger partial charge in [-0.15, -0.1) is 0 Å². The van der Waals surface area contributed by atoms with Crippen molar-refractivity contribution in [3.05, 3.63) is 70.4 Å². The quantitative estimate of drug-likeness (QED) is 0.00871. The van der Waals surface area contributed by atoms with Crippen LogP contribution in [0.4, 0.5) is 5.69 Å². The third-order valence-electron chi connectivity index (χ3n) is 13.6. The molecule has 1 aliphatic carbocycles. The van der Waals surface area contributed by atoms with E-state index in [1.165, 1.54) is 30.3 Å². The van der Waals surface area contributed by atoms with E-state index in [0.29, 0.717) is 60.0 Å². The zero-order valence-corrected chi connectivity index (χ0v) is 45.5. The van der Waals surface area contributed by atoms with Crippen LogP contribution in [0.5, 0.6) is 5.75 Å². The standard InChI is InChI=1S/C50H64N4O23S.Na/c1-21(57)53-37-40(64)43(76-47-42(66)41(65)39(63)34(75-47)20-72-50(48(69)70)17-29(60)36(51)44(77-50)38(62)30(61)18-55)33(19-56)74-46(37)71-13-5-3-2-4-12-52-49(78)54-22-6-9-25(28(14-22)45(67)68)35-26-10-7-23(58)15-31(26)73-32-16-24(59)8-11-27(32)35;/h6-11,14-16,29-30,33-34,36-44,46-47,55-56,58,60-66H,2-5,12-13,17-20,51H2,1H3,(H,53,57)(H,67,68)(H,69,70)(H2,52,54,78);/q;+1/p-1/t29-,30+,33+,34+,36+,37+,38+,39-,40+,41-,42+,43+,44+,46+,47-,50+;/m0./s1. The monoisotopic (exact) mass is 1140 g/mol. The molecule has 3 saturated heterocycles. The van der Waals surface area contributed by atoms with E-state index in [1.807, 2.05) is 0 Å². The summed E-state index contributed by atoms with van der Waals surface area (Å²) in [4.78, 5) is 41.3. The second-order valence-electron chi connectivity index (χ2n) is 19.1. The van der Waals surface area contributed by atoms with Gasteiger partial charge in [0.15, 0.2) is 23.1 Å². The number of aliphatic hydroxyl groups is 9. The summed E-state index contributed by atoms with van der Waals surface area (Å²) in [6.45, 7) is -1.22. The molecule has 0 radical (unpaired) electrons. The van der Waals surface area contributed by atoms with Gasteiger partial charge in [0, 0.05) is 53.9 Å². The van der Waals surface area contributed by atoms with Gasteiger partial charge >= 0.3 is 41.5 Å². The second kappa shape index (κ2) is 27.9. The number of nitrogens with zero attached hydrogens (tertiary/aromatic N) is 1. The van der Waals surface area contributed by atoms with E-state index in [9.17, 15) is 80.8 Å². The predicted molar refractivity (Wildman–Crippen MR) is 271 cm³/mol. The average molecular weight is 1140 g/mol. The topological polar surface area (TPSA) is 448 Å². The van der Waals surface area contributed by atoms with Gasteiger partial charge in [-0.05, 0) is 79.8 Å². The molecule has 0 spiro atoms. The van der Waals surface area contributed by atoms with Gasteiger partial charge in [0.25, 0.3) is 5.79 Å². The molecule has 0 amide bonds. The van der Waals surface area contributed by atoms with E-state index >= 15 is 0 Å². The number of carboxylic acids is 2. The Hall–Kier alpha value is -4.61. The van der Waals surface area contributed by atoms with E-state index in [0.717, 1.165) is 6.92 Å². The Morgan fingerprint density at radius 3 is 2.30 bits per heavy atom. The number of benzene rings is 3. The summed E-state index contributed by atoms with van der Waals surface area (Å²) in [6.07, 6.45) is -22.0. The molecule has 7 rings (SSSR count). The second-order valence-corrected chi connectivity index (χ2v) is 19.5. The van der Waals surface area contributed by atoms with Crippen LogP contribution in [-0.4, -0.2) is 215 Å². The number of carbonyl (C=O) groups is 2. The maximum atomic E-state index is 12.6. The fraction of sp³-hybridized carbons (Fsp3) is 0.540. The van der Waals surface area contributed by atoms with Crippen LogP contribution in [-0.2, 0) is 33.2 Å². The molecule has 2 aromatic carbocycles. The van der Waals surface area contributed by atoms with Gasteiger partial charge < -0.3 is 116 Å². The number of hydrogen-bond donors (Lipinski definition) is 15. The van der Waals surface area contributed by atoms with Crippen LogP contribution in [0.15, 0.2) is 68.8 Å². The molecule has 16 N–H and O–H groups in total. The number of fused-ring (bicyclic) bond motifs is 2. The van der Waals surface area contributed by atoms with E-state index in [4.69, 9.17) is 50.8 Å². The zero-order chi connectivity index (χ0) is 56.7. The van der Waals surface area contributed by atoms with Gasteiger partial charge in [0.2, 0.25) is 0 Å². The third-order valence-corrected chi connectivity index (χ3v) is 13.8. The van der Waals surface area contributed by atoms with Crippen molar-refractivity contribution >= 4 is 51.8 Å². The van der Waals surface area contributed by atoms with Gasteiger partial charge in [0.1, 0.15) is 84.2 Å². The molecular weight excluding hydrogens is 1080 g/mol. The van der Waals surface area contributed by atoms with E-state index < -0.39 is 142 Å². The number of aromatic hydroxyl groups is 1. The Bertz CT molecular complexity index is 2790. The van der Waals surface area contributed by atoms with Gasteiger partial charge in [-0.3, -0.25) is 9.79 Å². The van der Waals surface area contributed by atoms with E-state index in [-0.39, 0.29) is 69.4 Å². The van der Waals surface area contributed by atoms with Crippen molar-refractivity contribution in [3.8, 4) is 28.2 Å². The summed E-state index contributed by atoms with van der Waals surface area (Å²) >= 11 is 5.48. The summed E-state index contributed by atoms with van der Waals surface area (Å²) in [5.41, 5.74) is 7.46. The number of phenols is 1. The molecule has 428 valence electrons. The summed E-state index contributed by atoms with van der Waals surface area (Å²) in [5.74, 6) is -6.51. The van der Waals surface area contributed by atoms with Crippen molar-refractivity contribution in [2.45, 2.75) is 137 Å². The van der Waals surface area contributed by atoms with Crippen LogP contribution >= 0.6 is 12.2 Å². The van der Waals surface area contributed by atoms with Gasteiger partial charge in [0.05, 0.1) is 37.5 Å². The van der Waals surface area contributed by atoms with Crippen LogP contribution in [0.25, 0.3) is 33.4 Å². The maximum Gasteiger partial charge on any atom is 1.00 e. The number of unbranched alkanes of at least 4 members (excludes halogenated alkanes) is 3. The minimum Gasteiger partial charge on any atom is -0.862 e. The number of anilines is 1. The zero-order valence-electron chi connectivity index (χ0n) is 42.7. The first-order valence-corrected chi connectivity index (χ1v) is 25.2. The molecule has 27 nitrogen and oxygen atoms in total. The number of thiocarbonyl (C=S) groups is 1. The molecule has 0 saturated carbocycles. The molecule has 16 atom stereocenters. The normalized spacial score (nSPS) is 30.1. The van der Waals surface area contributed by atoms with Crippen molar-refractivity contribution in [2.75, 3.05) is 38.3 Å². The number of hydrogen-bond acceptors (Lipinski definition) is 24. The average Bonchev–Trinajstić information content (AvgIpc) is 3.55. The number of aliphatic imine (C=N–C) groups is 1. The molecule has 4 aliphatic heterocycles. The number of ether oxygens (including phenoxy) is 6.